The molecule has 3 heterocycles. The Morgan fingerprint density at radius 1 is 1.03 bits per heavy atom. The summed E-state index contributed by atoms with van der Waals surface area (Å²) in [4.78, 5) is 21.6. The summed E-state index contributed by atoms with van der Waals surface area (Å²) < 4.78 is 30.5. The summed E-state index contributed by atoms with van der Waals surface area (Å²) in [5, 5.41) is 7.04. The van der Waals surface area contributed by atoms with Gasteiger partial charge in [-0.15, -0.1) is 0 Å². The SMILES string of the molecule is O=C(NCc1ccc(F)cc1F)c1nc(-c2ccnn2-c2ccccc2)n2ccncc12. The summed E-state index contributed by atoms with van der Waals surface area (Å²) >= 11 is 0. The zero-order valence-electron chi connectivity index (χ0n) is 16.6. The number of nitrogens with one attached hydrogen (secondary N) is 1. The van der Waals surface area contributed by atoms with Crippen molar-refractivity contribution in [3.05, 3.63) is 102 Å². The van der Waals surface area contributed by atoms with Crippen LogP contribution in [-0.4, -0.2) is 30.1 Å². The number of hydrogen-bond acceptors (Lipinski definition) is 4. The van der Waals surface area contributed by atoms with Gasteiger partial charge in [-0.3, -0.25) is 14.2 Å². The number of rotatable bonds is 5. The molecule has 5 rings (SSSR count). The van der Waals surface area contributed by atoms with E-state index in [0.29, 0.717) is 17.0 Å². The van der Waals surface area contributed by atoms with E-state index in [1.165, 1.54) is 12.3 Å². The van der Waals surface area contributed by atoms with Gasteiger partial charge in [-0.05, 0) is 24.3 Å². The predicted octanol–water partition coefficient (Wildman–Crippen LogP) is 3.79. The Hall–Kier alpha value is -4.40. The summed E-state index contributed by atoms with van der Waals surface area (Å²) in [7, 11) is 0. The summed E-state index contributed by atoms with van der Waals surface area (Å²) in [6, 6.07) is 14.6. The quantitative estimate of drug-likeness (QED) is 0.460. The molecule has 7 nitrogen and oxygen atoms in total. The summed E-state index contributed by atoms with van der Waals surface area (Å²) in [6.07, 6.45) is 6.49. The lowest BCUT2D eigenvalue weighted by Crippen LogP contribution is -2.24. The van der Waals surface area contributed by atoms with Crippen LogP contribution in [0.2, 0.25) is 0 Å². The first-order valence-corrected chi connectivity index (χ1v) is 9.76. The van der Waals surface area contributed by atoms with Gasteiger partial charge < -0.3 is 5.32 Å². The fourth-order valence-electron chi connectivity index (χ4n) is 3.46. The molecular weight excluding hydrogens is 414 g/mol. The van der Waals surface area contributed by atoms with E-state index in [1.807, 2.05) is 30.3 Å². The molecule has 0 aliphatic rings. The normalized spacial score (nSPS) is 11.1. The molecular formula is C23H16F2N6O. The molecule has 0 aliphatic carbocycles. The van der Waals surface area contributed by atoms with E-state index < -0.39 is 17.5 Å². The van der Waals surface area contributed by atoms with Gasteiger partial charge in [0.25, 0.3) is 5.91 Å². The Bertz CT molecular complexity index is 1430. The highest BCUT2D eigenvalue weighted by Crippen LogP contribution is 2.24. The van der Waals surface area contributed by atoms with E-state index in [-0.39, 0.29) is 17.8 Å². The number of hydrogen-bond donors (Lipinski definition) is 1. The van der Waals surface area contributed by atoms with Gasteiger partial charge in [-0.1, -0.05) is 24.3 Å². The molecule has 0 aliphatic heterocycles. The van der Waals surface area contributed by atoms with E-state index in [9.17, 15) is 13.6 Å². The van der Waals surface area contributed by atoms with Gasteiger partial charge in [-0.2, -0.15) is 5.10 Å². The van der Waals surface area contributed by atoms with Gasteiger partial charge in [-0.25, -0.2) is 18.4 Å². The summed E-state index contributed by atoms with van der Waals surface area (Å²) in [5.41, 5.74) is 2.32. The van der Waals surface area contributed by atoms with Crippen LogP contribution in [0.5, 0.6) is 0 Å². The molecule has 0 spiro atoms. The van der Waals surface area contributed by atoms with E-state index in [4.69, 9.17) is 0 Å². The van der Waals surface area contributed by atoms with Crippen LogP contribution in [0, 0.1) is 11.6 Å². The van der Waals surface area contributed by atoms with E-state index in [2.05, 4.69) is 20.4 Å². The second-order valence-corrected chi connectivity index (χ2v) is 7.00. The van der Waals surface area contributed by atoms with Crippen molar-refractivity contribution in [2.45, 2.75) is 6.54 Å². The van der Waals surface area contributed by atoms with Crippen LogP contribution in [0.1, 0.15) is 16.1 Å². The van der Waals surface area contributed by atoms with Gasteiger partial charge in [0.2, 0.25) is 0 Å². The number of carbonyl (C=O) groups is 1. The van der Waals surface area contributed by atoms with E-state index in [1.54, 1.807) is 33.7 Å². The number of fused-ring (bicyclic) bond motifs is 1. The largest absolute Gasteiger partial charge is 0.346 e. The van der Waals surface area contributed by atoms with Crippen molar-refractivity contribution in [2.24, 2.45) is 0 Å². The third-order valence-electron chi connectivity index (χ3n) is 4.99. The average molecular weight is 430 g/mol. The number of amides is 1. The van der Waals surface area contributed by atoms with Crippen LogP contribution in [0.3, 0.4) is 0 Å². The van der Waals surface area contributed by atoms with Crippen LogP contribution in [0.15, 0.2) is 79.4 Å². The zero-order chi connectivity index (χ0) is 22.1. The molecule has 0 unspecified atom stereocenters. The molecule has 1 amide bonds. The lowest BCUT2D eigenvalue weighted by Gasteiger charge is -2.06. The molecule has 1 N–H and O–H groups in total. The van der Waals surface area contributed by atoms with Gasteiger partial charge in [0.15, 0.2) is 11.5 Å². The molecule has 2 aromatic carbocycles. The Morgan fingerprint density at radius 2 is 1.88 bits per heavy atom. The van der Waals surface area contributed by atoms with E-state index in [0.717, 1.165) is 17.8 Å². The predicted molar refractivity (Wildman–Crippen MR) is 113 cm³/mol. The van der Waals surface area contributed by atoms with Gasteiger partial charge in [0.05, 0.1) is 23.6 Å². The minimum Gasteiger partial charge on any atom is -0.346 e. The number of para-hydroxylation sites is 1. The molecule has 158 valence electrons. The van der Waals surface area contributed by atoms with Gasteiger partial charge >= 0.3 is 0 Å². The van der Waals surface area contributed by atoms with Crippen LogP contribution in [0.25, 0.3) is 22.7 Å². The Labute approximate surface area is 181 Å². The van der Waals surface area contributed by atoms with Crippen molar-refractivity contribution < 1.29 is 13.6 Å². The fourth-order valence-corrected chi connectivity index (χ4v) is 3.46. The number of aromatic nitrogens is 5. The maximum Gasteiger partial charge on any atom is 0.272 e. The first-order chi connectivity index (χ1) is 15.6. The number of benzene rings is 2. The zero-order valence-corrected chi connectivity index (χ0v) is 16.6. The Kier molecular flexibility index (Phi) is 4.91. The van der Waals surface area contributed by atoms with Crippen molar-refractivity contribution in [3.63, 3.8) is 0 Å². The van der Waals surface area contributed by atoms with Gasteiger partial charge in [0.1, 0.15) is 17.3 Å². The maximum atomic E-state index is 13.9. The molecule has 0 radical (unpaired) electrons. The second kappa shape index (κ2) is 8.03. The maximum absolute atomic E-state index is 13.9. The Morgan fingerprint density at radius 3 is 2.69 bits per heavy atom. The summed E-state index contributed by atoms with van der Waals surface area (Å²) in [6.45, 7) is -0.110. The molecule has 0 fully saturated rings. The number of nitrogens with zero attached hydrogens (tertiary/aromatic N) is 5. The molecule has 5 aromatic rings. The van der Waals surface area contributed by atoms with Crippen molar-refractivity contribution >= 4 is 11.4 Å². The van der Waals surface area contributed by atoms with Crippen molar-refractivity contribution in [1.82, 2.24) is 29.5 Å². The van der Waals surface area contributed by atoms with Crippen LogP contribution >= 0.6 is 0 Å². The number of halogens is 2. The minimum absolute atomic E-state index is 0.110. The number of carbonyl (C=O) groups excluding carboxylic acids is 1. The average Bonchev–Trinajstić information content (AvgIpc) is 3.44. The molecule has 3 aromatic heterocycles. The highest BCUT2D eigenvalue weighted by atomic mass is 19.1. The highest BCUT2D eigenvalue weighted by Gasteiger charge is 2.21. The smallest absolute Gasteiger partial charge is 0.272 e. The molecule has 9 heteroatoms. The monoisotopic (exact) mass is 430 g/mol. The third kappa shape index (κ3) is 3.49. The third-order valence-corrected chi connectivity index (χ3v) is 4.99. The first-order valence-electron chi connectivity index (χ1n) is 9.76. The second-order valence-electron chi connectivity index (χ2n) is 7.00. The van der Waals surface area contributed by atoms with Crippen LogP contribution in [-0.2, 0) is 6.54 Å². The first kappa shape index (κ1) is 19.6. The fraction of sp³-hybridized carbons (Fsp3) is 0.0435. The standard InChI is InChI=1S/C23H16F2N6O/c24-16-7-6-15(18(25)12-16)13-27-23(32)21-20-14-26-10-11-30(20)22(29-21)19-8-9-28-31(19)17-4-2-1-3-5-17/h1-12,14H,13H2,(H,27,32). The molecule has 0 saturated carbocycles. The lowest BCUT2D eigenvalue weighted by molar-refractivity contribution is 0.0948. The number of imidazole rings is 1. The molecule has 32 heavy (non-hydrogen) atoms. The summed E-state index contributed by atoms with van der Waals surface area (Å²) in [5.74, 6) is -1.41. The molecule has 0 atom stereocenters. The topological polar surface area (TPSA) is 77.1 Å². The van der Waals surface area contributed by atoms with Crippen LogP contribution < -0.4 is 5.32 Å². The Balaban J connectivity index is 1.52. The van der Waals surface area contributed by atoms with Crippen molar-refractivity contribution in [3.8, 4) is 17.2 Å². The van der Waals surface area contributed by atoms with Gasteiger partial charge in [0, 0.05) is 30.6 Å². The van der Waals surface area contributed by atoms with Crippen LogP contribution in [0.4, 0.5) is 8.78 Å². The lowest BCUT2D eigenvalue weighted by atomic mass is 10.2. The molecule has 0 saturated heterocycles. The minimum atomic E-state index is -0.728. The van der Waals surface area contributed by atoms with Crippen molar-refractivity contribution in [2.75, 3.05) is 0 Å². The highest BCUT2D eigenvalue weighted by molar-refractivity contribution is 5.99. The van der Waals surface area contributed by atoms with E-state index >= 15 is 0 Å². The van der Waals surface area contributed by atoms with Crippen molar-refractivity contribution in [1.29, 1.82) is 0 Å². The molecule has 0 bridgehead atoms.